The van der Waals surface area contributed by atoms with E-state index in [1.165, 1.54) is 4.68 Å². The van der Waals surface area contributed by atoms with Gasteiger partial charge in [0.1, 0.15) is 5.69 Å². The summed E-state index contributed by atoms with van der Waals surface area (Å²) < 4.78 is 1.53. The van der Waals surface area contributed by atoms with Gasteiger partial charge >= 0.3 is 5.97 Å². The zero-order valence-electron chi connectivity index (χ0n) is 13.4. The molecule has 0 aromatic carbocycles. The molecule has 2 N–H and O–H groups in total. The van der Waals surface area contributed by atoms with Gasteiger partial charge < -0.3 is 10.4 Å². The number of hydrogen-bond acceptors (Lipinski definition) is 3. The summed E-state index contributed by atoms with van der Waals surface area (Å²) in [6.07, 6.45) is 1.27. The highest BCUT2D eigenvalue weighted by Gasteiger charge is 2.24. The average molecular weight is 295 g/mol. The molecule has 0 spiro atoms. The monoisotopic (exact) mass is 295 g/mol. The van der Waals surface area contributed by atoms with E-state index >= 15 is 0 Å². The van der Waals surface area contributed by atoms with Crippen molar-refractivity contribution in [2.24, 2.45) is 12.5 Å². The number of nitrogens with one attached hydrogen (secondary N) is 1. The molecular weight excluding hydrogens is 270 g/mol. The smallest absolute Gasteiger partial charge is 0.305 e. The third kappa shape index (κ3) is 5.57. The van der Waals surface area contributed by atoms with E-state index in [1.54, 1.807) is 13.1 Å². The minimum atomic E-state index is -0.913. The number of rotatable bonds is 6. The van der Waals surface area contributed by atoms with Crippen LogP contribution in [0.2, 0.25) is 0 Å². The van der Waals surface area contributed by atoms with E-state index < -0.39 is 12.0 Å². The molecule has 0 saturated carbocycles. The molecule has 0 saturated heterocycles. The Hall–Kier alpha value is -1.85. The summed E-state index contributed by atoms with van der Waals surface area (Å²) in [5.74, 6) is -1.19. The molecular formula is C15H25N3O3. The van der Waals surface area contributed by atoms with Gasteiger partial charge in [-0.25, -0.2) is 0 Å². The van der Waals surface area contributed by atoms with Gasteiger partial charge in [-0.05, 0) is 24.3 Å². The van der Waals surface area contributed by atoms with E-state index in [-0.39, 0.29) is 17.7 Å². The molecule has 1 unspecified atom stereocenters. The Kier molecular flexibility index (Phi) is 5.52. The highest BCUT2D eigenvalue weighted by Crippen LogP contribution is 2.22. The molecule has 0 aliphatic carbocycles. The lowest BCUT2D eigenvalue weighted by Gasteiger charge is -2.25. The van der Waals surface area contributed by atoms with Crippen molar-refractivity contribution >= 4 is 11.9 Å². The van der Waals surface area contributed by atoms with Crippen LogP contribution in [0.3, 0.4) is 0 Å². The van der Waals surface area contributed by atoms with Gasteiger partial charge in [0.2, 0.25) is 0 Å². The quantitative estimate of drug-likeness (QED) is 0.840. The standard InChI is InChI=1S/C15H25N3O3/c1-6-10-7-12(18(5)17-10)14(21)16-11(8-13(19)20)9-15(2,3)4/h7,11H,6,8-9H2,1-5H3,(H,16,21)(H,19,20). The Bertz CT molecular complexity index is 515. The van der Waals surface area contributed by atoms with Crippen LogP contribution >= 0.6 is 0 Å². The maximum Gasteiger partial charge on any atom is 0.305 e. The molecule has 1 aromatic rings. The highest BCUT2D eigenvalue weighted by molar-refractivity contribution is 5.93. The van der Waals surface area contributed by atoms with Gasteiger partial charge in [0.25, 0.3) is 5.91 Å². The van der Waals surface area contributed by atoms with Gasteiger partial charge in [-0.15, -0.1) is 0 Å². The normalized spacial score (nSPS) is 13.0. The van der Waals surface area contributed by atoms with E-state index in [1.807, 2.05) is 27.7 Å². The molecule has 0 aliphatic heterocycles. The summed E-state index contributed by atoms with van der Waals surface area (Å²) in [5, 5.41) is 16.0. The molecule has 1 rings (SSSR count). The Morgan fingerprint density at radius 1 is 1.43 bits per heavy atom. The van der Waals surface area contributed by atoms with Crippen molar-refractivity contribution in [3.8, 4) is 0 Å². The Morgan fingerprint density at radius 2 is 2.05 bits per heavy atom. The maximum atomic E-state index is 12.3. The Morgan fingerprint density at radius 3 is 2.48 bits per heavy atom. The number of aryl methyl sites for hydroxylation is 2. The van der Waals surface area contributed by atoms with Crippen molar-refractivity contribution in [2.75, 3.05) is 0 Å². The number of carboxylic acids is 1. The lowest BCUT2D eigenvalue weighted by Crippen LogP contribution is -2.39. The van der Waals surface area contributed by atoms with Gasteiger partial charge in [-0.2, -0.15) is 5.10 Å². The first kappa shape index (κ1) is 17.2. The van der Waals surface area contributed by atoms with E-state index in [9.17, 15) is 9.59 Å². The van der Waals surface area contributed by atoms with Gasteiger partial charge in [0.15, 0.2) is 0 Å². The van der Waals surface area contributed by atoms with Gasteiger partial charge in [0, 0.05) is 13.1 Å². The summed E-state index contributed by atoms with van der Waals surface area (Å²) in [4.78, 5) is 23.3. The van der Waals surface area contributed by atoms with Crippen LogP contribution < -0.4 is 5.32 Å². The number of hydrogen-bond donors (Lipinski definition) is 2. The third-order valence-corrected chi connectivity index (χ3v) is 3.14. The van der Waals surface area contributed by atoms with Crippen LogP contribution in [0, 0.1) is 5.41 Å². The molecule has 118 valence electrons. The van der Waals surface area contributed by atoms with Crippen LogP contribution in [0.5, 0.6) is 0 Å². The zero-order valence-corrected chi connectivity index (χ0v) is 13.4. The van der Waals surface area contributed by atoms with Crippen molar-refractivity contribution in [2.45, 2.75) is 53.0 Å². The Balaban J connectivity index is 2.83. The summed E-state index contributed by atoms with van der Waals surface area (Å²) in [6, 6.07) is 1.35. The van der Waals surface area contributed by atoms with Crippen molar-refractivity contribution in [1.82, 2.24) is 15.1 Å². The molecule has 1 amide bonds. The molecule has 0 fully saturated rings. The van der Waals surface area contributed by atoms with Gasteiger partial charge in [0.05, 0.1) is 12.1 Å². The van der Waals surface area contributed by atoms with Crippen LogP contribution in [0.1, 0.15) is 56.7 Å². The van der Waals surface area contributed by atoms with Crippen molar-refractivity contribution < 1.29 is 14.7 Å². The lowest BCUT2D eigenvalue weighted by molar-refractivity contribution is -0.137. The van der Waals surface area contributed by atoms with Crippen LogP contribution in [0.15, 0.2) is 6.07 Å². The van der Waals surface area contributed by atoms with Gasteiger partial charge in [-0.3, -0.25) is 14.3 Å². The molecule has 6 heteroatoms. The van der Waals surface area contributed by atoms with Gasteiger partial charge in [-0.1, -0.05) is 27.7 Å². The third-order valence-electron chi connectivity index (χ3n) is 3.14. The van der Waals surface area contributed by atoms with Crippen molar-refractivity contribution in [3.63, 3.8) is 0 Å². The number of carbonyl (C=O) groups excluding carboxylic acids is 1. The number of nitrogens with zero attached hydrogens (tertiary/aromatic N) is 2. The fraction of sp³-hybridized carbons (Fsp3) is 0.667. The van der Waals surface area contributed by atoms with Crippen LogP contribution in [-0.2, 0) is 18.3 Å². The van der Waals surface area contributed by atoms with Crippen molar-refractivity contribution in [3.05, 3.63) is 17.5 Å². The first-order valence-corrected chi connectivity index (χ1v) is 7.18. The number of aliphatic carboxylic acids is 1. The fourth-order valence-electron chi connectivity index (χ4n) is 2.30. The molecule has 0 radical (unpaired) electrons. The lowest BCUT2D eigenvalue weighted by atomic mass is 9.87. The molecule has 1 heterocycles. The predicted molar refractivity (Wildman–Crippen MR) is 80.2 cm³/mol. The molecule has 6 nitrogen and oxygen atoms in total. The SMILES string of the molecule is CCc1cc(C(=O)NC(CC(=O)O)CC(C)(C)C)n(C)n1. The Labute approximate surface area is 125 Å². The van der Waals surface area contributed by atoms with Crippen LogP contribution in [0.25, 0.3) is 0 Å². The number of aromatic nitrogens is 2. The zero-order chi connectivity index (χ0) is 16.2. The first-order valence-electron chi connectivity index (χ1n) is 7.18. The molecule has 1 atom stereocenters. The molecule has 21 heavy (non-hydrogen) atoms. The van der Waals surface area contributed by atoms with Crippen molar-refractivity contribution in [1.29, 1.82) is 0 Å². The molecule has 0 aliphatic rings. The summed E-state index contributed by atoms with van der Waals surface area (Å²) in [5.41, 5.74) is 1.23. The second-order valence-electron chi connectivity index (χ2n) is 6.53. The topological polar surface area (TPSA) is 84.2 Å². The van der Waals surface area contributed by atoms with Crippen LogP contribution in [0.4, 0.5) is 0 Å². The second kappa shape index (κ2) is 6.74. The number of carbonyl (C=O) groups is 2. The number of carboxylic acid groups (broad SMARTS) is 1. The number of amides is 1. The minimum Gasteiger partial charge on any atom is -0.481 e. The van der Waals surface area contributed by atoms with E-state index in [0.717, 1.165) is 12.1 Å². The maximum absolute atomic E-state index is 12.3. The second-order valence-corrected chi connectivity index (χ2v) is 6.53. The molecule has 1 aromatic heterocycles. The minimum absolute atomic E-state index is 0.0611. The fourth-order valence-corrected chi connectivity index (χ4v) is 2.30. The molecule has 0 bridgehead atoms. The van der Waals surface area contributed by atoms with Crippen LogP contribution in [-0.4, -0.2) is 32.8 Å². The summed E-state index contributed by atoms with van der Waals surface area (Å²) >= 11 is 0. The van der Waals surface area contributed by atoms with E-state index in [2.05, 4.69) is 10.4 Å². The van der Waals surface area contributed by atoms with E-state index in [0.29, 0.717) is 12.1 Å². The first-order chi connectivity index (χ1) is 9.62. The van der Waals surface area contributed by atoms with E-state index in [4.69, 9.17) is 5.11 Å². The highest BCUT2D eigenvalue weighted by atomic mass is 16.4. The average Bonchev–Trinajstić information content (AvgIpc) is 2.67. The predicted octanol–water partition coefficient (Wildman–Crippen LogP) is 1.99. The largest absolute Gasteiger partial charge is 0.481 e. The summed E-state index contributed by atoms with van der Waals surface area (Å²) in [7, 11) is 1.71. The summed E-state index contributed by atoms with van der Waals surface area (Å²) in [6.45, 7) is 8.03.